The van der Waals surface area contributed by atoms with E-state index in [4.69, 9.17) is 0 Å². The number of hydrogen-bond acceptors (Lipinski definition) is 0. The molecule has 1 fully saturated rings. The summed E-state index contributed by atoms with van der Waals surface area (Å²) in [6, 6.07) is 22.9. The molecule has 132 valence electrons. The molecule has 0 aliphatic carbocycles. The van der Waals surface area contributed by atoms with Crippen LogP contribution in [-0.2, 0) is 0 Å². The van der Waals surface area contributed by atoms with Crippen LogP contribution in [0.3, 0.4) is 0 Å². The summed E-state index contributed by atoms with van der Waals surface area (Å²) >= 11 is 0. The number of rotatable bonds is 2. The molecule has 0 spiro atoms. The molecule has 1 saturated heterocycles. The van der Waals surface area contributed by atoms with Crippen molar-refractivity contribution in [2.24, 2.45) is 0 Å². The third-order valence-corrected chi connectivity index (χ3v) is 14.3. The van der Waals surface area contributed by atoms with Crippen LogP contribution < -0.4 is 10.6 Å². The second-order valence-corrected chi connectivity index (χ2v) is 12.9. The Morgan fingerprint density at radius 3 is 1.00 bits per heavy atom. The van der Waals surface area contributed by atoms with Gasteiger partial charge >= 0.3 is 0 Å². The molecular formula is C24H26P2. The fourth-order valence-corrected chi connectivity index (χ4v) is 14.8. The molecule has 3 heterocycles. The molecule has 0 aromatic heterocycles. The Labute approximate surface area is 159 Å². The van der Waals surface area contributed by atoms with Gasteiger partial charge < -0.3 is 0 Å². The maximum absolute atomic E-state index is 2.44. The summed E-state index contributed by atoms with van der Waals surface area (Å²) in [7, 11) is -0.286. The van der Waals surface area contributed by atoms with Crippen LogP contribution in [0.5, 0.6) is 0 Å². The highest BCUT2D eigenvalue weighted by atomic mass is 31.1. The van der Waals surface area contributed by atoms with Crippen molar-refractivity contribution in [3.8, 4) is 0 Å². The largest absolute Gasteiger partial charge is 0.0650 e. The van der Waals surface area contributed by atoms with Crippen LogP contribution in [0.4, 0.5) is 0 Å². The van der Waals surface area contributed by atoms with Crippen molar-refractivity contribution in [1.82, 2.24) is 0 Å². The molecule has 26 heavy (non-hydrogen) atoms. The van der Waals surface area contributed by atoms with E-state index in [2.05, 4.69) is 88.4 Å². The summed E-state index contributed by atoms with van der Waals surface area (Å²) < 4.78 is 0. The molecule has 0 amide bonds. The summed E-state index contributed by atoms with van der Waals surface area (Å²) in [5.41, 5.74) is 9.85. The SMILES string of the molecule is CC1=C(C)C2C3C(C)=C(C)C(C1P2c1ccccc1)P3c1ccccc1. The quantitative estimate of drug-likeness (QED) is 0.460. The Morgan fingerprint density at radius 2 is 0.731 bits per heavy atom. The fraction of sp³-hybridized carbons (Fsp3) is 0.333. The Kier molecular flexibility index (Phi) is 4.00. The summed E-state index contributed by atoms with van der Waals surface area (Å²) in [6.07, 6.45) is 0. The van der Waals surface area contributed by atoms with E-state index in [1.165, 1.54) is 0 Å². The average molecular weight is 376 g/mol. The highest BCUT2D eigenvalue weighted by Gasteiger charge is 2.60. The minimum absolute atomic E-state index is 0.143. The lowest BCUT2D eigenvalue weighted by Crippen LogP contribution is -2.38. The predicted octanol–water partition coefficient (Wildman–Crippen LogP) is 5.79. The number of benzene rings is 2. The molecule has 4 unspecified atom stereocenters. The van der Waals surface area contributed by atoms with Crippen LogP contribution in [0, 0.1) is 0 Å². The third-order valence-electron chi connectivity index (χ3n) is 6.92. The smallest absolute Gasteiger partial charge is 0.0155 e. The van der Waals surface area contributed by atoms with Gasteiger partial charge in [-0.15, -0.1) is 0 Å². The molecule has 2 aromatic carbocycles. The molecule has 4 atom stereocenters. The molecule has 4 bridgehead atoms. The zero-order valence-electron chi connectivity index (χ0n) is 16.0. The first-order valence-electron chi connectivity index (χ1n) is 9.62. The van der Waals surface area contributed by atoms with E-state index >= 15 is 0 Å². The van der Waals surface area contributed by atoms with Crippen LogP contribution >= 0.6 is 15.8 Å². The van der Waals surface area contributed by atoms with E-state index in [0.29, 0.717) is 0 Å². The van der Waals surface area contributed by atoms with Gasteiger partial charge in [0, 0.05) is 22.6 Å². The zero-order valence-corrected chi connectivity index (χ0v) is 17.8. The molecule has 0 saturated carbocycles. The summed E-state index contributed by atoms with van der Waals surface area (Å²) in [5, 5.41) is 3.24. The van der Waals surface area contributed by atoms with Gasteiger partial charge in [0.25, 0.3) is 0 Å². The van der Waals surface area contributed by atoms with E-state index < -0.39 is 0 Å². The maximum atomic E-state index is 2.44. The molecule has 2 heteroatoms. The van der Waals surface area contributed by atoms with Crippen molar-refractivity contribution in [3.63, 3.8) is 0 Å². The normalized spacial score (nSPS) is 35.4. The number of allylic oxidation sites excluding steroid dienone is 4. The molecule has 5 rings (SSSR count). The minimum Gasteiger partial charge on any atom is -0.0650 e. The van der Waals surface area contributed by atoms with E-state index in [1.807, 2.05) is 0 Å². The Hall–Kier alpha value is -1.22. The average Bonchev–Trinajstić information content (AvgIpc) is 3.01. The van der Waals surface area contributed by atoms with Gasteiger partial charge in [0.2, 0.25) is 0 Å². The van der Waals surface area contributed by atoms with Crippen molar-refractivity contribution in [1.29, 1.82) is 0 Å². The van der Waals surface area contributed by atoms with Crippen LogP contribution in [0.15, 0.2) is 83.0 Å². The lowest BCUT2D eigenvalue weighted by molar-refractivity contribution is 0.928. The molecule has 2 aromatic rings. The van der Waals surface area contributed by atoms with Crippen LogP contribution in [0.25, 0.3) is 0 Å². The zero-order chi connectivity index (χ0) is 18.0. The van der Waals surface area contributed by atoms with E-state index in [-0.39, 0.29) is 15.8 Å². The van der Waals surface area contributed by atoms with E-state index in [0.717, 1.165) is 22.6 Å². The van der Waals surface area contributed by atoms with Crippen molar-refractivity contribution >= 4 is 26.5 Å². The van der Waals surface area contributed by atoms with Crippen molar-refractivity contribution in [3.05, 3.63) is 83.0 Å². The summed E-state index contributed by atoms with van der Waals surface area (Å²) in [6.45, 7) is 9.78. The van der Waals surface area contributed by atoms with Crippen LogP contribution in [-0.4, -0.2) is 22.6 Å². The molecule has 3 aliphatic heterocycles. The van der Waals surface area contributed by atoms with Gasteiger partial charge in [0.1, 0.15) is 0 Å². The Morgan fingerprint density at radius 1 is 0.462 bits per heavy atom. The van der Waals surface area contributed by atoms with Crippen molar-refractivity contribution in [2.75, 3.05) is 0 Å². The van der Waals surface area contributed by atoms with Gasteiger partial charge in [0.15, 0.2) is 0 Å². The second kappa shape index (κ2) is 6.15. The third kappa shape index (κ3) is 2.16. The summed E-state index contributed by atoms with van der Waals surface area (Å²) in [4.78, 5) is 0. The topological polar surface area (TPSA) is 0 Å². The standard InChI is InChI=1S/C24H26P2/c1-15-16(2)22-24-18(4)17(3)23(26(24)20-13-9-6-10-14-20)21(15)25(22)19-11-7-5-8-12-19/h5-14,21-24H,1-4H3. The predicted molar refractivity (Wildman–Crippen MR) is 118 cm³/mol. The van der Waals surface area contributed by atoms with Crippen molar-refractivity contribution < 1.29 is 0 Å². The maximum Gasteiger partial charge on any atom is 0.0155 e. The first kappa shape index (κ1) is 16.9. The highest BCUT2D eigenvalue weighted by Crippen LogP contribution is 2.77. The van der Waals surface area contributed by atoms with Gasteiger partial charge in [-0.1, -0.05) is 98.8 Å². The first-order chi connectivity index (χ1) is 12.6. The van der Waals surface area contributed by atoms with E-state index in [9.17, 15) is 0 Å². The summed E-state index contributed by atoms with van der Waals surface area (Å²) in [5.74, 6) is 0. The Bertz CT molecular complexity index is 796. The molecule has 0 N–H and O–H groups in total. The van der Waals surface area contributed by atoms with Gasteiger partial charge in [0.05, 0.1) is 0 Å². The van der Waals surface area contributed by atoms with Gasteiger partial charge in [-0.05, 0) is 38.3 Å². The van der Waals surface area contributed by atoms with Gasteiger partial charge in [-0.3, -0.25) is 0 Å². The lowest BCUT2D eigenvalue weighted by Gasteiger charge is -2.45. The lowest BCUT2D eigenvalue weighted by atomic mass is 9.92. The second-order valence-electron chi connectivity index (χ2n) is 8.00. The van der Waals surface area contributed by atoms with E-state index in [1.54, 1.807) is 32.9 Å². The molecule has 0 nitrogen and oxygen atoms in total. The van der Waals surface area contributed by atoms with Crippen LogP contribution in [0.1, 0.15) is 27.7 Å². The fourth-order valence-electron chi connectivity index (χ4n) is 5.51. The van der Waals surface area contributed by atoms with Gasteiger partial charge in [-0.25, -0.2) is 0 Å². The number of hydrogen-bond donors (Lipinski definition) is 0. The first-order valence-corrected chi connectivity index (χ1v) is 12.6. The molecule has 0 radical (unpaired) electrons. The Balaban J connectivity index is 1.69. The molecule has 3 aliphatic rings. The van der Waals surface area contributed by atoms with Crippen LogP contribution in [0.2, 0.25) is 0 Å². The highest BCUT2D eigenvalue weighted by molar-refractivity contribution is 7.76. The van der Waals surface area contributed by atoms with Crippen molar-refractivity contribution in [2.45, 2.75) is 50.3 Å². The monoisotopic (exact) mass is 376 g/mol. The molecular weight excluding hydrogens is 350 g/mol. The van der Waals surface area contributed by atoms with Gasteiger partial charge in [-0.2, -0.15) is 0 Å². The minimum atomic E-state index is -0.143. The number of fused-ring (bicyclic) bond motifs is 6.